The van der Waals surface area contributed by atoms with Crippen LogP contribution in [0.5, 0.6) is 0 Å². The quantitative estimate of drug-likeness (QED) is 0.652. The fourth-order valence-corrected chi connectivity index (χ4v) is 3.31. The van der Waals surface area contributed by atoms with Crippen molar-refractivity contribution in [3.05, 3.63) is 71.0 Å². The highest BCUT2D eigenvalue weighted by atomic mass is 19.2. The molecule has 1 aliphatic heterocycles. The summed E-state index contributed by atoms with van der Waals surface area (Å²) in [6, 6.07) is 8.84. The molecule has 0 atom stereocenters. The highest BCUT2D eigenvalue weighted by Crippen LogP contribution is 2.15. The number of halogens is 3. The van der Waals surface area contributed by atoms with Gasteiger partial charge in [0.25, 0.3) is 0 Å². The summed E-state index contributed by atoms with van der Waals surface area (Å²) in [4.78, 5) is 25.9. The molecule has 2 aromatic rings. The van der Waals surface area contributed by atoms with E-state index in [4.69, 9.17) is 0 Å². The number of hydrogen-bond acceptors (Lipinski definition) is 3. The van der Waals surface area contributed by atoms with Crippen LogP contribution < -0.4 is 16.2 Å². The van der Waals surface area contributed by atoms with E-state index >= 15 is 0 Å². The molecule has 0 aromatic heterocycles. The summed E-state index contributed by atoms with van der Waals surface area (Å²) in [6.45, 7) is 1.90. The number of nitrogens with zero attached hydrogens (tertiary/aromatic N) is 1. The van der Waals surface area contributed by atoms with Crippen LogP contribution >= 0.6 is 0 Å². The molecule has 2 aromatic carbocycles. The second-order valence-corrected chi connectivity index (χ2v) is 7.25. The minimum absolute atomic E-state index is 0.0168. The minimum Gasteiger partial charge on any atom is -0.334 e. The molecule has 6 nitrogen and oxygen atoms in total. The van der Waals surface area contributed by atoms with Crippen molar-refractivity contribution in [3.8, 4) is 0 Å². The molecule has 0 unspecified atom stereocenters. The van der Waals surface area contributed by atoms with Gasteiger partial charge in [0.1, 0.15) is 5.82 Å². The highest BCUT2D eigenvalue weighted by Gasteiger charge is 2.21. The average Bonchev–Trinajstić information content (AvgIpc) is 2.72. The molecule has 1 saturated heterocycles. The van der Waals surface area contributed by atoms with Gasteiger partial charge in [0.05, 0.1) is 6.42 Å². The number of carbonyl (C=O) groups excluding carboxylic acids is 2. The first-order valence-electron chi connectivity index (χ1n) is 9.65. The largest absolute Gasteiger partial charge is 0.334 e. The maximum Gasteiger partial charge on any atom is 0.333 e. The maximum absolute atomic E-state index is 13.3. The van der Waals surface area contributed by atoms with Crippen LogP contribution in [0.4, 0.5) is 18.0 Å². The lowest BCUT2D eigenvalue weighted by molar-refractivity contribution is -0.121. The Morgan fingerprint density at radius 1 is 0.900 bits per heavy atom. The lowest BCUT2D eigenvalue weighted by Crippen LogP contribution is -2.52. The normalized spacial score (nSPS) is 14.9. The van der Waals surface area contributed by atoms with Crippen LogP contribution in [0.1, 0.15) is 24.0 Å². The van der Waals surface area contributed by atoms with Crippen molar-refractivity contribution >= 4 is 11.9 Å². The van der Waals surface area contributed by atoms with Crippen LogP contribution in [-0.2, 0) is 17.8 Å². The Morgan fingerprint density at radius 3 is 2.23 bits per heavy atom. The first-order chi connectivity index (χ1) is 14.4. The van der Waals surface area contributed by atoms with E-state index in [1.54, 1.807) is 6.07 Å². The number of likely N-dealkylation sites (tertiary alicyclic amines) is 1. The number of benzene rings is 2. The van der Waals surface area contributed by atoms with Crippen molar-refractivity contribution in [1.82, 2.24) is 21.1 Å². The summed E-state index contributed by atoms with van der Waals surface area (Å²) >= 11 is 0. The van der Waals surface area contributed by atoms with Crippen molar-refractivity contribution in [3.63, 3.8) is 0 Å². The Hall–Kier alpha value is -3.07. The van der Waals surface area contributed by atoms with E-state index in [0.29, 0.717) is 43.6 Å². The Kier molecular flexibility index (Phi) is 7.29. The second-order valence-electron chi connectivity index (χ2n) is 7.25. The predicted octanol–water partition coefficient (Wildman–Crippen LogP) is 2.64. The number of piperidine rings is 1. The Morgan fingerprint density at radius 2 is 1.57 bits per heavy atom. The molecule has 0 saturated carbocycles. The van der Waals surface area contributed by atoms with Gasteiger partial charge in [-0.15, -0.1) is 0 Å². The summed E-state index contributed by atoms with van der Waals surface area (Å²) in [5.74, 6) is -2.52. The predicted molar refractivity (Wildman–Crippen MR) is 105 cm³/mol. The standard InChI is InChI=1S/C21H23F3N4O2/c22-16-4-1-14(2-5-16)12-20(29)26-27-21(30)25-17-7-9-28(10-8-17)13-15-3-6-18(23)19(24)11-15/h1-6,11,17H,7-10,12-13H2,(H,26,29)(H2,25,27,30). The van der Waals surface area contributed by atoms with E-state index in [1.807, 2.05) is 0 Å². The SMILES string of the molecule is O=C(Cc1ccc(F)cc1)NNC(=O)NC1CCN(Cc2ccc(F)c(F)c2)CC1. The zero-order chi connectivity index (χ0) is 21.5. The molecule has 0 aliphatic carbocycles. The highest BCUT2D eigenvalue weighted by molar-refractivity contribution is 5.82. The minimum atomic E-state index is -0.863. The van der Waals surface area contributed by atoms with Crippen molar-refractivity contribution < 1.29 is 22.8 Å². The number of amides is 3. The molecule has 9 heteroatoms. The Labute approximate surface area is 172 Å². The topological polar surface area (TPSA) is 73.5 Å². The maximum atomic E-state index is 13.3. The van der Waals surface area contributed by atoms with E-state index in [1.165, 1.54) is 30.3 Å². The van der Waals surface area contributed by atoms with Crippen molar-refractivity contribution in [2.24, 2.45) is 0 Å². The van der Waals surface area contributed by atoms with Crippen LogP contribution in [0.3, 0.4) is 0 Å². The molecular formula is C21H23F3N4O2. The van der Waals surface area contributed by atoms with Gasteiger partial charge in [-0.3, -0.25) is 15.1 Å². The third-order valence-electron chi connectivity index (χ3n) is 4.91. The van der Waals surface area contributed by atoms with E-state index in [-0.39, 0.29) is 18.3 Å². The molecule has 1 aliphatic rings. The zero-order valence-electron chi connectivity index (χ0n) is 16.3. The summed E-state index contributed by atoms with van der Waals surface area (Å²) in [5.41, 5.74) is 5.95. The zero-order valence-corrected chi connectivity index (χ0v) is 16.3. The molecule has 0 radical (unpaired) electrons. The summed E-state index contributed by atoms with van der Waals surface area (Å²) < 4.78 is 39.2. The van der Waals surface area contributed by atoms with Crippen LogP contribution in [0, 0.1) is 17.5 Å². The fraction of sp³-hybridized carbons (Fsp3) is 0.333. The van der Waals surface area contributed by atoms with Gasteiger partial charge < -0.3 is 5.32 Å². The van der Waals surface area contributed by atoms with Gasteiger partial charge in [0, 0.05) is 25.7 Å². The number of carbonyl (C=O) groups is 2. The molecular weight excluding hydrogens is 397 g/mol. The lowest BCUT2D eigenvalue weighted by Gasteiger charge is -2.32. The number of nitrogens with one attached hydrogen (secondary N) is 3. The van der Waals surface area contributed by atoms with Gasteiger partial charge in [0.15, 0.2) is 11.6 Å². The monoisotopic (exact) mass is 420 g/mol. The Bertz CT molecular complexity index is 884. The Balaban J connectivity index is 1.35. The average molecular weight is 420 g/mol. The van der Waals surface area contributed by atoms with Gasteiger partial charge in [0.2, 0.25) is 5.91 Å². The molecule has 1 heterocycles. The van der Waals surface area contributed by atoms with Crippen LogP contribution in [0.25, 0.3) is 0 Å². The summed E-state index contributed by atoms with van der Waals surface area (Å²) in [7, 11) is 0. The molecule has 30 heavy (non-hydrogen) atoms. The van der Waals surface area contributed by atoms with Gasteiger partial charge in [-0.2, -0.15) is 0 Å². The van der Waals surface area contributed by atoms with Gasteiger partial charge >= 0.3 is 6.03 Å². The molecule has 3 rings (SSSR count). The number of urea groups is 1. The van der Waals surface area contributed by atoms with E-state index in [9.17, 15) is 22.8 Å². The van der Waals surface area contributed by atoms with E-state index in [2.05, 4.69) is 21.1 Å². The van der Waals surface area contributed by atoms with Crippen LogP contribution in [-0.4, -0.2) is 36.0 Å². The lowest BCUT2D eigenvalue weighted by atomic mass is 10.0. The number of rotatable bonds is 5. The smallest absolute Gasteiger partial charge is 0.333 e. The fourth-order valence-electron chi connectivity index (χ4n) is 3.31. The van der Waals surface area contributed by atoms with E-state index < -0.39 is 23.6 Å². The molecule has 1 fully saturated rings. The summed E-state index contributed by atoms with van der Waals surface area (Å²) in [6.07, 6.45) is 1.41. The molecule has 0 spiro atoms. The molecule has 3 N–H and O–H groups in total. The van der Waals surface area contributed by atoms with Gasteiger partial charge in [-0.05, 0) is 48.2 Å². The van der Waals surface area contributed by atoms with Crippen LogP contribution in [0.2, 0.25) is 0 Å². The molecule has 0 bridgehead atoms. The number of hydrazine groups is 1. The van der Waals surface area contributed by atoms with Crippen molar-refractivity contribution in [2.75, 3.05) is 13.1 Å². The first-order valence-corrected chi connectivity index (χ1v) is 9.65. The summed E-state index contributed by atoms with van der Waals surface area (Å²) in [5, 5.41) is 2.80. The number of hydrogen-bond donors (Lipinski definition) is 3. The second kappa shape index (κ2) is 10.1. The third kappa shape index (κ3) is 6.48. The molecule has 160 valence electrons. The van der Waals surface area contributed by atoms with Crippen molar-refractivity contribution in [1.29, 1.82) is 0 Å². The molecule has 3 amide bonds. The van der Waals surface area contributed by atoms with Gasteiger partial charge in [-0.25, -0.2) is 23.4 Å². The van der Waals surface area contributed by atoms with Gasteiger partial charge in [-0.1, -0.05) is 18.2 Å². The van der Waals surface area contributed by atoms with Crippen LogP contribution in [0.15, 0.2) is 42.5 Å². The first kappa shape index (κ1) is 21.6. The third-order valence-corrected chi connectivity index (χ3v) is 4.91. The van der Waals surface area contributed by atoms with E-state index in [0.717, 1.165) is 6.07 Å². The van der Waals surface area contributed by atoms with Crippen molar-refractivity contribution in [2.45, 2.75) is 31.8 Å².